The van der Waals surface area contributed by atoms with Crippen LogP contribution in [0.5, 0.6) is 23.0 Å². The van der Waals surface area contributed by atoms with Crippen LogP contribution in [0.2, 0.25) is 0 Å². The fraction of sp³-hybridized carbons (Fsp3) is 0.324. The molecule has 1 N–H and O–H groups in total. The number of fused-ring (bicyclic) bond motifs is 2. The predicted molar refractivity (Wildman–Crippen MR) is 169 cm³/mol. The van der Waals surface area contributed by atoms with Gasteiger partial charge in [0.05, 0.1) is 35.5 Å². The van der Waals surface area contributed by atoms with E-state index in [-0.39, 0.29) is 11.3 Å². The van der Waals surface area contributed by atoms with Gasteiger partial charge < -0.3 is 24.1 Å². The second-order valence-electron chi connectivity index (χ2n) is 11.4. The summed E-state index contributed by atoms with van der Waals surface area (Å²) in [5.74, 6) is 0.553. The van der Waals surface area contributed by atoms with Crippen LogP contribution in [0.1, 0.15) is 48.6 Å². The zero-order valence-corrected chi connectivity index (χ0v) is 26.1. The lowest BCUT2D eigenvalue weighted by Crippen LogP contribution is -2.29. The molecule has 9 nitrogen and oxygen atoms in total. The maximum Gasteiger partial charge on any atom is 0.301 e. The number of aromatic nitrogens is 1. The number of ketones is 1. The lowest BCUT2D eigenvalue weighted by atomic mass is 9.95. The number of carbonyl (C=O) groups excluding carboxylic acids is 2. The topological polar surface area (TPSA) is 107 Å². The number of thiazole rings is 1. The van der Waals surface area contributed by atoms with Crippen LogP contribution in [0, 0.1) is 19.8 Å². The summed E-state index contributed by atoms with van der Waals surface area (Å²) in [6.07, 6.45) is 0.872. The molecule has 1 aromatic heterocycles. The van der Waals surface area contributed by atoms with E-state index in [1.54, 1.807) is 43.5 Å². The fourth-order valence-corrected chi connectivity index (χ4v) is 6.70. The Labute approximate surface area is 259 Å². The van der Waals surface area contributed by atoms with Gasteiger partial charge in [-0.25, -0.2) is 4.98 Å². The molecule has 4 aromatic rings. The molecule has 1 amide bonds. The van der Waals surface area contributed by atoms with Crippen LogP contribution in [0.4, 0.5) is 5.13 Å². The Kier molecular flexibility index (Phi) is 7.94. The molecule has 44 heavy (non-hydrogen) atoms. The number of ether oxygens (including phenoxy) is 4. The molecule has 10 heteroatoms. The standard InChI is InChI=1S/C34H34N2O7S/c1-18(2)10-11-41-23-8-6-21(16-25(23)40-5)30-28(31(37)22-7-9-24-26(17-22)43-13-12-42-24)32(38)33(39)36(30)34-35-29-20(4)14-19(3)15-27(29)44-34/h6-9,14-18,30,37H,10-13H2,1-5H3. The zero-order chi connectivity index (χ0) is 31.1. The highest BCUT2D eigenvalue weighted by molar-refractivity contribution is 7.22. The van der Waals surface area contributed by atoms with E-state index >= 15 is 0 Å². The third-order valence-corrected chi connectivity index (χ3v) is 8.74. The molecule has 3 heterocycles. The molecule has 2 aliphatic rings. The average Bonchev–Trinajstić information content (AvgIpc) is 3.54. The molecule has 1 saturated heterocycles. The molecule has 2 aliphatic heterocycles. The van der Waals surface area contributed by atoms with Gasteiger partial charge in [0.2, 0.25) is 0 Å². The number of aryl methyl sites for hydroxylation is 2. The maximum absolute atomic E-state index is 13.8. The fourth-order valence-electron chi connectivity index (χ4n) is 5.53. The third kappa shape index (κ3) is 5.34. The van der Waals surface area contributed by atoms with Gasteiger partial charge >= 0.3 is 5.91 Å². The van der Waals surface area contributed by atoms with Crippen molar-refractivity contribution in [1.82, 2.24) is 4.98 Å². The van der Waals surface area contributed by atoms with Gasteiger partial charge in [0.15, 0.2) is 28.1 Å². The highest BCUT2D eigenvalue weighted by atomic mass is 32.1. The molecule has 0 aliphatic carbocycles. The first-order chi connectivity index (χ1) is 21.2. The van der Waals surface area contributed by atoms with Gasteiger partial charge in [-0.3, -0.25) is 14.5 Å². The zero-order valence-electron chi connectivity index (χ0n) is 25.3. The molecule has 0 spiro atoms. The van der Waals surface area contributed by atoms with E-state index in [0.29, 0.717) is 65.0 Å². The second-order valence-corrected chi connectivity index (χ2v) is 12.4. The molecule has 6 rings (SSSR count). The lowest BCUT2D eigenvalue weighted by molar-refractivity contribution is -0.132. The molecule has 1 atom stereocenters. The number of benzene rings is 3. The molecule has 0 saturated carbocycles. The summed E-state index contributed by atoms with van der Waals surface area (Å²) >= 11 is 1.33. The quantitative estimate of drug-likeness (QED) is 0.132. The van der Waals surface area contributed by atoms with Crippen molar-refractivity contribution >= 4 is 44.1 Å². The van der Waals surface area contributed by atoms with Crippen LogP contribution >= 0.6 is 11.3 Å². The van der Waals surface area contributed by atoms with Crippen molar-refractivity contribution < 1.29 is 33.6 Å². The number of carbonyl (C=O) groups is 2. The number of anilines is 1. The SMILES string of the molecule is COc1cc(C2C(=C(O)c3ccc4c(c3)OCCO4)C(=O)C(=O)N2c2nc3c(C)cc(C)cc3s2)ccc1OCCC(C)C. The van der Waals surface area contributed by atoms with E-state index in [2.05, 4.69) is 13.8 Å². The monoisotopic (exact) mass is 614 g/mol. The summed E-state index contributed by atoms with van der Waals surface area (Å²) in [5.41, 5.74) is 3.62. The number of nitrogens with zero attached hydrogens (tertiary/aromatic N) is 2. The number of aliphatic hydroxyl groups excluding tert-OH is 1. The Morgan fingerprint density at radius 3 is 2.57 bits per heavy atom. The lowest BCUT2D eigenvalue weighted by Gasteiger charge is -2.24. The number of hydrogen-bond donors (Lipinski definition) is 1. The van der Waals surface area contributed by atoms with Gasteiger partial charge in [-0.15, -0.1) is 0 Å². The number of amides is 1. The Morgan fingerprint density at radius 1 is 1.05 bits per heavy atom. The summed E-state index contributed by atoms with van der Waals surface area (Å²) in [5, 5.41) is 12.0. The van der Waals surface area contributed by atoms with Gasteiger partial charge in [0, 0.05) is 5.56 Å². The number of Topliss-reactive ketones (excluding diaryl/α,β-unsaturated/α-hetero) is 1. The van der Waals surface area contributed by atoms with Gasteiger partial charge in [0.1, 0.15) is 19.0 Å². The normalized spacial score (nSPS) is 17.5. The van der Waals surface area contributed by atoms with Crippen molar-refractivity contribution in [3.8, 4) is 23.0 Å². The minimum atomic E-state index is -0.983. The van der Waals surface area contributed by atoms with E-state index in [4.69, 9.17) is 23.9 Å². The highest BCUT2D eigenvalue weighted by Crippen LogP contribution is 2.47. The van der Waals surface area contributed by atoms with E-state index < -0.39 is 17.7 Å². The highest BCUT2D eigenvalue weighted by Gasteiger charge is 2.48. The summed E-state index contributed by atoms with van der Waals surface area (Å²) < 4.78 is 23.9. The first-order valence-corrected chi connectivity index (χ1v) is 15.4. The van der Waals surface area contributed by atoms with Crippen LogP contribution in [0.25, 0.3) is 16.0 Å². The van der Waals surface area contributed by atoms with Crippen LogP contribution in [0.15, 0.2) is 54.1 Å². The predicted octanol–water partition coefficient (Wildman–Crippen LogP) is 6.74. The van der Waals surface area contributed by atoms with Crippen LogP contribution < -0.4 is 23.8 Å². The first kappa shape index (κ1) is 29.5. The van der Waals surface area contributed by atoms with E-state index in [1.807, 2.05) is 26.0 Å². The van der Waals surface area contributed by atoms with E-state index in [9.17, 15) is 14.7 Å². The number of hydrogen-bond acceptors (Lipinski definition) is 9. The molecule has 1 fully saturated rings. The molecule has 1 unspecified atom stereocenters. The summed E-state index contributed by atoms with van der Waals surface area (Å²) in [6, 6.07) is 13.3. The Balaban J connectivity index is 1.51. The maximum atomic E-state index is 13.8. The minimum Gasteiger partial charge on any atom is -0.507 e. The minimum absolute atomic E-state index is 0.0608. The molecule has 0 bridgehead atoms. The molecule has 0 radical (unpaired) electrons. The average molecular weight is 615 g/mol. The number of aliphatic hydroxyl groups is 1. The number of methoxy groups -OCH3 is 1. The van der Waals surface area contributed by atoms with Crippen molar-refractivity contribution in [2.75, 3.05) is 31.8 Å². The van der Waals surface area contributed by atoms with Gasteiger partial charge in [-0.2, -0.15) is 0 Å². The van der Waals surface area contributed by atoms with Crippen LogP contribution in [-0.4, -0.2) is 48.7 Å². The van der Waals surface area contributed by atoms with Gasteiger partial charge in [-0.05, 0) is 79.3 Å². The summed E-state index contributed by atoms with van der Waals surface area (Å²) in [7, 11) is 1.54. The molecular formula is C34H34N2O7S. The van der Waals surface area contributed by atoms with Crippen molar-refractivity contribution in [1.29, 1.82) is 0 Å². The van der Waals surface area contributed by atoms with Gasteiger partial charge in [0.25, 0.3) is 5.78 Å². The van der Waals surface area contributed by atoms with E-state index in [1.165, 1.54) is 16.2 Å². The summed E-state index contributed by atoms with van der Waals surface area (Å²) in [4.78, 5) is 33.8. The molecule has 228 valence electrons. The summed E-state index contributed by atoms with van der Waals surface area (Å²) in [6.45, 7) is 9.52. The van der Waals surface area contributed by atoms with Gasteiger partial charge in [-0.1, -0.05) is 37.3 Å². The smallest absolute Gasteiger partial charge is 0.301 e. The van der Waals surface area contributed by atoms with Crippen LogP contribution in [0.3, 0.4) is 0 Å². The first-order valence-electron chi connectivity index (χ1n) is 14.6. The van der Waals surface area contributed by atoms with Crippen molar-refractivity contribution in [3.63, 3.8) is 0 Å². The Hall–Kier alpha value is -4.57. The second kappa shape index (κ2) is 11.8. The molecular weight excluding hydrogens is 580 g/mol. The van der Waals surface area contributed by atoms with Crippen molar-refractivity contribution in [3.05, 3.63) is 76.4 Å². The van der Waals surface area contributed by atoms with Crippen molar-refractivity contribution in [2.24, 2.45) is 5.92 Å². The third-order valence-electron chi connectivity index (χ3n) is 7.74. The van der Waals surface area contributed by atoms with E-state index in [0.717, 1.165) is 27.8 Å². The van der Waals surface area contributed by atoms with Crippen LogP contribution in [-0.2, 0) is 9.59 Å². The van der Waals surface area contributed by atoms with Crippen molar-refractivity contribution in [2.45, 2.75) is 40.2 Å². The Morgan fingerprint density at radius 2 is 1.82 bits per heavy atom. The number of rotatable bonds is 8. The largest absolute Gasteiger partial charge is 0.507 e. The Bertz CT molecular complexity index is 1810. The molecule has 3 aromatic carbocycles.